The fraction of sp³-hybridized carbons (Fsp3) is 0.381. The van der Waals surface area contributed by atoms with Gasteiger partial charge in [-0.2, -0.15) is 0 Å². The van der Waals surface area contributed by atoms with Crippen molar-refractivity contribution in [2.24, 2.45) is 5.92 Å². The van der Waals surface area contributed by atoms with Crippen LogP contribution in [0.3, 0.4) is 0 Å². The molecule has 2 aromatic carbocycles. The van der Waals surface area contributed by atoms with Crippen LogP contribution in [0.15, 0.2) is 54.6 Å². The lowest BCUT2D eigenvalue weighted by Crippen LogP contribution is -2.36. The summed E-state index contributed by atoms with van der Waals surface area (Å²) in [6.07, 6.45) is 2.11. The van der Waals surface area contributed by atoms with Gasteiger partial charge in [0.1, 0.15) is 11.5 Å². The lowest BCUT2D eigenvalue weighted by molar-refractivity contribution is -0.119. The van der Waals surface area contributed by atoms with Gasteiger partial charge in [-0.15, -0.1) is 0 Å². The molecule has 1 aliphatic carbocycles. The molecule has 1 fully saturated rings. The van der Waals surface area contributed by atoms with Gasteiger partial charge in [0, 0.05) is 5.69 Å². The quantitative estimate of drug-likeness (QED) is 0.672. The molecule has 1 aliphatic rings. The van der Waals surface area contributed by atoms with Gasteiger partial charge in [0.15, 0.2) is 0 Å². The molecular formula is C21H26N2O4S. The molecule has 0 heterocycles. The van der Waals surface area contributed by atoms with E-state index in [9.17, 15) is 13.2 Å². The van der Waals surface area contributed by atoms with Crippen LogP contribution >= 0.6 is 0 Å². The van der Waals surface area contributed by atoms with Crippen LogP contribution in [-0.2, 0) is 14.8 Å². The number of anilines is 1. The fourth-order valence-corrected chi connectivity index (χ4v) is 4.04. The zero-order chi connectivity index (χ0) is 20.1. The first-order valence-electron chi connectivity index (χ1n) is 9.44. The van der Waals surface area contributed by atoms with Crippen LogP contribution in [0.25, 0.3) is 0 Å². The maximum Gasteiger partial charge on any atom is 0.241 e. The Labute approximate surface area is 166 Å². The molecule has 28 heavy (non-hydrogen) atoms. The van der Waals surface area contributed by atoms with Crippen molar-refractivity contribution in [1.29, 1.82) is 0 Å². The highest BCUT2D eigenvalue weighted by Crippen LogP contribution is 2.40. The van der Waals surface area contributed by atoms with Gasteiger partial charge in [0.2, 0.25) is 15.9 Å². The SMILES string of the molecule is CC(C)Oc1ccc(NS(=O)(=O)CC(=O)NC(c2ccccc2)C2CC2)cc1. The summed E-state index contributed by atoms with van der Waals surface area (Å²) >= 11 is 0. The number of carbonyl (C=O) groups is 1. The molecule has 1 unspecified atom stereocenters. The summed E-state index contributed by atoms with van der Waals surface area (Å²) in [7, 11) is -3.81. The van der Waals surface area contributed by atoms with Crippen LogP contribution in [0.5, 0.6) is 5.75 Å². The minimum absolute atomic E-state index is 0.0373. The molecule has 0 radical (unpaired) electrons. The maximum atomic E-state index is 12.4. The number of benzene rings is 2. The van der Waals surface area contributed by atoms with E-state index in [0.717, 1.165) is 18.4 Å². The Morgan fingerprint density at radius 1 is 1.07 bits per heavy atom. The predicted molar refractivity (Wildman–Crippen MR) is 110 cm³/mol. The van der Waals surface area contributed by atoms with Crippen LogP contribution in [-0.4, -0.2) is 26.2 Å². The topological polar surface area (TPSA) is 84.5 Å². The zero-order valence-corrected chi connectivity index (χ0v) is 16.9. The summed E-state index contributed by atoms with van der Waals surface area (Å²) in [5.74, 6) is -0.0952. The number of hydrogen-bond donors (Lipinski definition) is 2. The average molecular weight is 403 g/mol. The van der Waals surface area contributed by atoms with Crippen molar-refractivity contribution in [1.82, 2.24) is 5.32 Å². The van der Waals surface area contributed by atoms with Gasteiger partial charge in [-0.1, -0.05) is 30.3 Å². The van der Waals surface area contributed by atoms with Gasteiger partial charge in [0.05, 0.1) is 12.1 Å². The van der Waals surface area contributed by atoms with Crippen LogP contribution in [0.2, 0.25) is 0 Å². The third-order valence-electron chi connectivity index (χ3n) is 4.39. The normalized spacial score (nSPS) is 15.1. The standard InChI is InChI=1S/C21H26N2O4S/c1-15(2)27-19-12-10-18(11-13-19)23-28(25,26)14-20(24)22-21(17-8-9-17)16-6-4-3-5-7-16/h3-7,10-13,15,17,21,23H,8-9,14H2,1-2H3,(H,22,24). The van der Waals surface area contributed by atoms with Gasteiger partial charge in [0.25, 0.3) is 0 Å². The first-order valence-corrected chi connectivity index (χ1v) is 11.1. The molecule has 0 bridgehead atoms. The smallest absolute Gasteiger partial charge is 0.241 e. The van der Waals surface area contributed by atoms with Crippen molar-refractivity contribution in [3.63, 3.8) is 0 Å². The van der Waals surface area contributed by atoms with Gasteiger partial charge in [-0.25, -0.2) is 8.42 Å². The predicted octanol–water partition coefficient (Wildman–Crippen LogP) is 3.48. The van der Waals surface area contributed by atoms with Crippen molar-refractivity contribution in [3.05, 3.63) is 60.2 Å². The van der Waals surface area contributed by atoms with E-state index in [1.54, 1.807) is 24.3 Å². The van der Waals surface area contributed by atoms with Crippen molar-refractivity contribution in [3.8, 4) is 5.75 Å². The lowest BCUT2D eigenvalue weighted by atomic mass is 10.0. The molecule has 0 aromatic heterocycles. The summed E-state index contributed by atoms with van der Waals surface area (Å²) in [4.78, 5) is 12.4. The van der Waals surface area contributed by atoms with E-state index in [4.69, 9.17) is 4.74 Å². The molecule has 1 atom stereocenters. The second kappa shape index (κ2) is 8.65. The van der Waals surface area contributed by atoms with E-state index in [-0.39, 0.29) is 12.1 Å². The Kier molecular flexibility index (Phi) is 6.24. The Bertz CT molecular complexity index is 892. The van der Waals surface area contributed by atoms with Crippen molar-refractivity contribution in [2.75, 3.05) is 10.5 Å². The van der Waals surface area contributed by atoms with E-state index in [1.807, 2.05) is 44.2 Å². The Morgan fingerprint density at radius 3 is 2.29 bits per heavy atom. The summed E-state index contributed by atoms with van der Waals surface area (Å²) in [6.45, 7) is 3.83. The first-order chi connectivity index (χ1) is 13.3. The molecule has 6 nitrogen and oxygen atoms in total. The first kappa shape index (κ1) is 20.2. The minimum atomic E-state index is -3.81. The van der Waals surface area contributed by atoms with Crippen LogP contribution < -0.4 is 14.8 Å². The molecule has 3 rings (SSSR count). The third kappa shape index (κ3) is 5.99. The Balaban J connectivity index is 1.59. The number of sulfonamides is 1. The Morgan fingerprint density at radius 2 is 1.71 bits per heavy atom. The summed E-state index contributed by atoms with van der Waals surface area (Å²) in [5.41, 5.74) is 1.40. The summed E-state index contributed by atoms with van der Waals surface area (Å²) in [5, 5.41) is 2.89. The number of hydrogen-bond acceptors (Lipinski definition) is 4. The average Bonchev–Trinajstić information content (AvgIpc) is 3.46. The maximum absolute atomic E-state index is 12.4. The molecule has 2 aromatic rings. The van der Waals surface area contributed by atoms with E-state index in [0.29, 0.717) is 17.4 Å². The Hall–Kier alpha value is -2.54. The lowest BCUT2D eigenvalue weighted by Gasteiger charge is -2.19. The monoisotopic (exact) mass is 402 g/mol. The molecule has 0 saturated heterocycles. The van der Waals surface area contributed by atoms with Gasteiger partial charge in [-0.3, -0.25) is 9.52 Å². The summed E-state index contributed by atoms with van der Waals surface area (Å²) < 4.78 is 32.7. The molecule has 150 valence electrons. The molecule has 7 heteroatoms. The molecule has 0 spiro atoms. The second-order valence-electron chi connectivity index (χ2n) is 7.35. The number of ether oxygens (including phenoxy) is 1. The highest BCUT2D eigenvalue weighted by atomic mass is 32.2. The van der Waals surface area contributed by atoms with Gasteiger partial charge in [-0.05, 0) is 62.4 Å². The highest BCUT2D eigenvalue weighted by Gasteiger charge is 2.34. The van der Waals surface area contributed by atoms with Crippen LogP contribution in [0.4, 0.5) is 5.69 Å². The van der Waals surface area contributed by atoms with E-state index in [1.165, 1.54) is 0 Å². The van der Waals surface area contributed by atoms with Crippen LogP contribution in [0.1, 0.15) is 38.3 Å². The number of carbonyl (C=O) groups excluding carboxylic acids is 1. The highest BCUT2D eigenvalue weighted by molar-refractivity contribution is 7.93. The van der Waals surface area contributed by atoms with E-state index >= 15 is 0 Å². The summed E-state index contributed by atoms with van der Waals surface area (Å²) in [6, 6.07) is 16.1. The van der Waals surface area contributed by atoms with Crippen molar-refractivity contribution in [2.45, 2.75) is 38.8 Å². The van der Waals surface area contributed by atoms with Gasteiger partial charge < -0.3 is 10.1 Å². The minimum Gasteiger partial charge on any atom is -0.491 e. The fourth-order valence-electron chi connectivity index (χ4n) is 3.04. The molecular weight excluding hydrogens is 376 g/mol. The van der Waals surface area contributed by atoms with E-state index < -0.39 is 21.7 Å². The second-order valence-corrected chi connectivity index (χ2v) is 9.07. The molecule has 0 aliphatic heterocycles. The number of rotatable bonds is 9. The van der Waals surface area contributed by atoms with Crippen molar-refractivity contribution >= 4 is 21.6 Å². The third-order valence-corrected chi connectivity index (χ3v) is 5.58. The van der Waals surface area contributed by atoms with Crippen molar-refractivity contribution < 1.29 is 17.9 Å². The molecule has 2 N–H and O–H groups in total. The number of nitrogens with one attached hydrogen (secondary N) is 2. The van der Waals surface area contributed by atoms with E-state index in [2.05, 4.69) is 10.0 Å². The molecule has 1 amide bonds. The molecule has 1 saturated carbocycles. The number of amides is 1. The zero-order valence-electron chi connectivity index (χ0n) is 16.1. The van der Waals surface area contributed by atoms with Crippen LogP contribution in [0, 0.1) is 5.92 Å². The largest absolute Gasteiger partial charge is 0.491 e. The van der Waals surface area contributed by atoms with Gasteiger partial charge >= 0.3 is 0 Å².